The number of hydrogen-bond acceptors (Lipinski definition) is 5. The van der Waals surface area contributed by atoms with Crippen LogP contribution in [0.4, 0.5) is 0 Å². The number of nitrogens with zero attached hydrogens (tertiary/aromatic N) is 2. The summed E-state index contributed by atoms with van der Waals surface area (Å²) in [5, 5.41) is 7.06. The predicted octanol–water partition coefficient (Wildman–Crippen LogP) is 1.87. The molecule has 6 nitrogen and oxygen atoms in total. The molecule has 2 aliphatic heterocycles. The van der Waals surface area contributed by atoms with E-state index in [0.29, 0.717) is 41.8 Å². The molecule has 3 heterocycles. The first-order chi connectivity index (χ1) is 11.0. The average molecular weight is 342 g/mol. The van der Waals surface area contributed by atoms with Crippen LogP contribution in [0.1, 0.15) is 32.4 Å². The SMILES string of the molecule is CC(C)[C@H]1CN2C[C@@H](NC(=O)CCc3cc(Cl)no3)C[C@H]2CO1. The van der Waals surface area contributed by atoms with Crippen LogP contribution in [0.15, 0.2) is 10.6 Å². The van der Waals surface area contributed by atoms with Gasteiger partial charge in [0.05, 0.1) is 12.7 Å². The van der Waals surface area contributed by atoms with Crippen LogP contribution in [0, 0.1) is 5.92 Å². The number of fused-ring (bicyclic) bond motifs is 1. The van der Waals surface area contributed by atoms with Crippen LogP contribution in [0.5, 0.6) is 0 Å². The van der Waals surface area contributed by atoms with Gasteiger partial charge >= 0.3 is 0 Å². The summed E-state index contributed by atoms with van der Waals surface area (Å²) in [5.41, 5.74) is 0. The molecule has 7 heteroatoms. The lowest BCUT2D eigenvalue weighted by Crippen LogP contribution is -2.48. The highest BCUT2D eigenvalue weighted by Crippen LogP contribution is 2.25. The standard InChI is InChI=1S/C16H24ClN3O3/c1-10(2)14-8-20-7-11(5-12(20)9-22-14)18-16(21)4-3-13-6-15(17)19-23-13/h6,10-12,14H,3-5,7-9H2,1-2H3,(H,18,21)/t11-,12-,14+/m0/s1. The molecule has 0 aliphatic carbocycles. The summed E-state index contributed by atoms with van der Waals surface area (Å²) in [6.45, 7) is 7.03. The quantitative estimate of drug-likeness (QED) is 0.885. The van der Waals surface area contributed by atoms with Crippen LogP contribution in [0.3, 0.4) is 0 Å². The summed E-state index contributed by atoms with van der Waals surface area (Å²) in [4.78, 5) is 14.6. The molecule has 0 radical (unpaired) electrons. The molecule has 1 aromatic heterocycles. The lowest BCUT2D eigenvalue weighted by molar-refractivity contribution is -0.121. The predicted molar refractivity (Wildman–Crippen MR) is 86.3 cm³/mol. The fourth-order valence-electron chi connectivity index (χ4n) is 3.35. The Balaban J connectivity index is 1.43. The van der Waals surface area contributed by atoms with E-state index in [1.54, 1.807) is 6.07 Å². The van der Waals surface area contributed by atoms with Crippen molar-refractivity contribution in [3.8, 4) is 0 Å². The van der Waals surface area contributed by atoms with Gasteiger partial charge in [0.25, 0.3) is 0 Å². The summed E-state index contributed by atoms with van der Waals surface area (Å²) in [7, 11) is 0. The highest BCUT2D eigenvalue weighted by atomic mass is 35.5. The maximum Gasteiger partial charge on any atom is 0.220 e. The zero-order valence-electron chi connectivity index (χ0n) is 13.6. The summed E-state index contributed by atoms with van der Waals surface area (Å²) in [6.07, 6.45) is 2.17. The highest BCUT2D eigenvalue weighted by Gasteiger charge is 2.38. The maximum atomic E-state index is 12.1. The molecule has 128 valence electrons. The number of aromatic nitrogens is 1. The van der Waals surface area contributed by atoms with E-state index in [2.05, 4.69) is 29.2 Å². The number of hydrogen-bond donors (Lipinski definition) is 1. The second kappa shape index (κ2) is 7.20. The van der Waals surface area contributed by atoms with Gasteiger partial charge in [0.2, 0.25) is 5.91 Å². The van der Waals surface area contributed by atoms with E-state index in [-0.39, 0.29) is 11.9 Å². The number of morpholine rings is 1. The van der Waals surface area contributed by atoms with Crippen LogP contribution in [0.2, 0.25) is 5.15 Å². The van der Waals surface area contributed by atoms with E-state index in [4.69, 9.17) is 20.9 Å². The highest BCUT2D eigenvalue weighted by molar-refractivity contribution is 6.29. The molecule has 2 fully saturated rings. The number of nitrogens with one attached hydrogen (secondary N) is 1. The monoisotopic (exact) mass is 341 g/mol. The third kappa shape index (κ3) is 4.25. The third-order valence-corrected chi connectivity index (χ3v) is 4.86. The van der Waals surface area contributed by atoms with Crippen molar-refractivity contribution < 1.29 is 14.1 Å². The zero-order chi connectivity index (χ0) is 16.4. The number of aryl methyl sites for hydroxylation is 1. The second-order valence-corrected chi connectivity index (χ2v) is 7.23. The second-order valence-electron chi connectivity index (χ2n) is 6.84. The Morgan fingerprint density at radius 1 is 1.52 bits per heavy atom. The van der Waals surface area contributed by atoms with E-state index in [1.807, 2.05) is 0 Å². The van der Waals surface area contributed by atoms with Crippen LogP contribution >= 0.6 is 11.6 Å². The lowest BCUT2D eigenvalue weighted by Gasteiger charge is -2.36. The summed E-state index contributed by atoms with van der Waals surface area (Å²) in [6, 6.07) is 2.29. The van der Waals surface area contributed by atoms with Gasteiger partial charge in [-0.3, -0.25) is 9.69 Å². The normalized spacial score (nSPS) is 28.1. The number of amides is 1. The van der Waals surface area contributed by atoms with Crippen molar-refractivity contribution in [3.05, 3.63) is 17.0 Å². The first kappa shape index (κ1) is 16.7. The Kier molecular flexibility index (Phi) is 5.24. The van der Waals surface area contributed by atoms with E-state index in [1.165, 1.54) is 0 Å². The minimum Gasteiger partial charge on any atom is -0.375 e. The van der Waals surface area contributed by atoms with Crippen LogP contribution < -0.4 is 5.32 Å². The minimum atomic E-state index is 0.0451. The van der Waals surface area contributed by atoms with E-state index in [0.717, 1.165) is 26.1 Å². The molecule has 2 saturated heterocycles. The molecule has 2 aliphatic rings. The summed E-state index contributed by atoms with van der Waals surface area (Å²) in [5.74, 6) is 1.21. The smallest absolute Gasteiger partial charge is 0.220 e. The molecule has 1 amide bonds. The van der Waals surface area contributed by atoms with Gasteiger partial charge in [-0.2, -0.15) is 0 Å². The van der Waals surface area contributed by atoms with Gasteiger partial charge in [-0.15, -0.1) is 0 Å². The van der Waals surface area contributed by atoms with Crippen molar-refractivity contribution in [3.63, 3.8) is 0 Å². The Morgan fingerprint density at radius 2 is 2.35 bits per heavy atom. The van der Waals surface area contributed by atoms with Crippen molar-refractivity contribution in [1.29, 1.82) is 0 Å². The van der Waals surface area contributed by atoms with Crippen molar-refractivity contribution in [2.75, 3.05) is 19.7 Å². The fourth-order valence-corrected chi connectivity index (χ4v) is 3.51. The summed E-state index contributed by atoms with van der Waals surface area (Å²) >= 11 is 5.69. The number of carbonyl (C=O) groups excluding carboxylic acids is 1. The number of ether oxygens (including phenoxy) is 1. The van der Waals surface area contributed by atoms with Crippen molar-refractivity contribution in [1.82, 2.24) is 15.4 Å². The summed E-state index contributed by atoms with van der Waals surface area (Å²) < 4.78 is 10.9. The molecular weight excluding hydrogens is 318 g/mol. The Bertz CT molecular complexity index is 548. The first-order valence-corrected chi connectivity index (χ1v) is 8.65. The molecule has 23 heavy (non-hydrogen) atoms. The number of carbonyl (C=O) groups is 1. The molecular formula is C16H24ClN3O3. The average Bonchev–Trinajstić information content (AvgIpc) is 3.09. The van der Waals surface area contributed by atoms with E-state index < -0.39 is 0 Å². The van der Waals surface area contributed by atoms with Crippen LogP contribution in [0.25, 0.3) is 0 Å². The van der Waals surface area contributed by atoms with Gasteiger partial charge < -0.3 is 14.6 Å². The molecule has 0 bridgehead atoms. The van der Waals surface area contributed by atoms with Crippen LogP contribution in [-0.4, -0.2) is 53.8 Å². The Hall–Kier alpha value is -1.11. The first-order valence-electron chi connectivity index (χ1n) is 8.27. The molecule has 0 saturated carbocycles. The van der Waals surface area contributed by atoms with Gasteiger partial charge in [0.15, 0.2) is 5.15 Å². The lowest BCUT2D eigenvalue weighted by atomic mass is 10.0. The van der Waals surface area contributed by atoms with Gasteiger partial charge in [0.1, 0.15) is 5.76 Å². The van der Waals surface area contributed by atoms with Gasteiger partial charge in [-0.25, -0.2) is 0 Å². The van der Waals surface area contributed by atoms with Crippen molar-refractivity contribution >= 4 is 17.5 Å². The molecule has 3 atom stereocenters. The molecule has 0 unspecified atom stereocenters. The topological polar surface area (TPSA) is 67.6 Å². The number of rotatable bonds is 5. The molecule has 1 aromatic rings. The van der Waals surface area contributed by atoms with Gasteiger partial charge in [-0.1, -0.05) is 30.6 Å². The van der Waals surface area contributed by atoms with Crippen LogP contribution in [-0.2, 0) is 16.0 Å². The molecule has 1 N–H and O–H groups in total. The van der Waals surface area contributed by atoms with Gasteiger partial charge in [0, 0.05) is 44.1 Å². The largest absolute Gasteiger partial charge is 0.375 e. The molecule has 0 spiro atoms. The van der Waals surface area contributed by atoms with Crippen molar-refractivity contribution in [2.45, 2.75) is 51.3 Å². The molecule has 0 aromatic carbocycles. The molecule has 3 rings (SSSR count). The third-order valence-electron chi connectivity index (χ3n) is 4.68. The van der Waals surface area contributed by atoms with Gasteiger partial charge in [-0.05, 0) is 12.3 Å². The van der Waals surface area contributed by atoms with E-state index in [9.17, 15) is 4.79 Å². The van der Waals surface area contributed by atoms with E-state index >= 15 is 0 Å². The minimum absolute atomic E-state index is 0.0451. The maximum absolute atomic E-state index is 12.1. The van der Waals surface area contributed by atoms with Crippen molar-refractivity contribution in [2.24, 2.45) is 5.92 Å². The Morgan fingerprint density at radius 3 is 3.04 bits per heavy atom. The zero-order valence-corrected chi connectivity index (χ0v) is 14.4. The number of halogens is 1. The Labute approximate surface area is 141 Å². The fraction of sp³-hybridized carbons (Fsp3) is 0.750.